The van der Waals surface area contributed by atoms with E-state index in [0.717, 1.165) is 43.1 Å². The molecule has 3 heteroatoms. The van der Waals surface area contributed by atoms with Gasteiger partial charge in [0.1, 0.15) is 11.4 Å². The van der Waals surface area contributed by atoms with Crippen molar-refractivity contribution in [2.75, 3.05) is 23.7 Å². The van der Waals surface area contributed by atoms with Gasteiger partial charge in [0.2, 0.25) is 0 Å². The van der Waals surface area contributed by atoms with Crippen LogP contribution in [0.3, 0.4) is 0 Å². The molecule has 1 aliphatic heterocycles. The lowest BCUT2D eigenvalue weighted by Gasteiger charge is -2.44. The molecule has 0 amide bonds. The van der Waals surface area contributed by atoms with Crippen LogP contribution in [0.5, 0.6) is 5.75 Å². The molecule has 1 aliphatic rings. The monoisotopic (exact) mass is 262 g/mol. The zero-order chi connectivity index (χ0) is 14.0. The molecule has 0 atom stereocenters. The number of anilines is 2. The summed E-state index contributed by atoms with van der Waals surface area (Å²) in [6, 6.07) is 5.97. The van der Waals surface area contributed by atoms with E-state index in [9.17, 15) is 0 Å². The first-order valence-corrected chi connectivity index (χ1v) is 7.33. The van der Waals surface area contributed by atoms with Crippen LogP contribution in [-0.2, 0) is 0 Å². The molecule has 0 spiro atoms. The fourth-order valence-electron chi connectivity index (χ4n) is 2.79. The Morgan fingerprint density at radius 1 is 1.32 bits per heavy atom. The van der Waals surface area contributed by atoms with Gasteiger partial charge in [-0.05, 0) is 37.0 Å². The third-order valence-electron chi connectivity index (χ3n) is 4.00. The number of ether oxygens (including phenoxy) is 1. The molecule has 0 aliphatic carbocycles. The first-order chi connectivity index (χ1) is 8.99. The quantitative estimate of drug-likeness (QED) is 0.841. The van der Waals surface area contributed by atoms with E-state index < -0.39 is 0 Å². The van der Waals surface area contributed by atoms with E-state index in [1.807, 2.05) is 18.2 Å². The number of fused-ring (bicyclic) bond motifs is 1. The molecular weight excluding hydrogens is 236 g/mol. The van der Waals surface area contributed by atoms with Crippen LogP contribution >= 0.6 is 0 Å². The Balaban J connectivity index is 2.39. The summed E-state index contributed by atoms with van der Waals surface area (Å²) in [6.45, 7) is 10.9. The number of benzene rings is 1. The number of hydrogen-bond acceptors (Lipinski definition) is 3. The molecule has 0 unspecified atom stereocenters. The summed E-state index contributed by atoms with van der Waals surface area (Å²) in [5, 5.41) is 0. The molecule has 2 rings (SSSR count). The normalized spacial score (nSPS) is 17.2. The SMILES string of the molecule is CCC1(CC)CN(CC(C)C)c2cc(N)ccc2O1. The Kier molecular flexibility index (Phi) is 3.93. The number of rotatable bonds is 4. The predicted molar refractivity (Wildman–Crippen MR) is 81.8 cm³/mol. The van der Waals surface area contributed by atoms with Gasteiger partial charge >= 0.3 is 0 Å². The number of nitrogen functional groups attached to an aromatic ring is 1. The molecule has 0 aromatic heterocycles. The summed E-state index contributed by atoms with van der Waals surface area (Å²) >= 11 is 0. The topological polar surface area (TPSA) is 38.5 Å². The van der Waals surface area contributed by atoms with Crippen LogP contribution in [0, 0.1) is 5.92 Å². The van der Waals surface area contributed by atoms with Crippen LogP contribution in [0.2, 0.25) is 0 Å². The van der Waals surface area contributed by atoms with Crippen molar-refractivity contribution >= 4 is 11.4 Å². The molecule has 1 aromatic rings. The standard InChI is InChI=1S/C16H26N2O/c1-5-16(6-2)11-18(10-12(3)4)14-9-13(17)7-8-15(14)19-16/h7-9,12H,5-6,10-11,17H2,1-4H3. The summed E-state index contributed by atoms with van der Waals surface area (Å²) in [5.41, 5.74) is 7.81. The summed E-state index contributed by atoms with van der Waals surface area (Å²) in [5.74, 6) is 1.60. The average Bonchev–Trinajstić information content (AvgIpc) is 2.38. The van der Waals surface area contributed by atoms with Crippen molar-refractivity contribution in [2.24, 2.45) is 5.92 Å². The fourth-order valence-corrected chi connectivity index (χ4v) is 2.79. The maximum atomic E-state index is 6.29. The molecule has 0 saturated carbocycles. The zero-order valence-electron chi connectivity index (χ0n) is 12.6. The molecule has 1 heterocycles. The molecular formula is C16H26N2O. The van der Waals surface area contributed by atoms with Crippen molar-refractivity contribution in [1.82, 2.24) is 0 Å². The van der Waals surface area contributed by atoms with Crippen molar-refractivity contribution in [3.05, 3.63) is 18.2 Å². The second-order valence-electron chi connectivity index (χ2n) is 5.99. The van der Waals surface area contributed by atoms with E-state index in [4.69, 9.17) is 10.5 Å². The zero-order valence-corrected chi connectivity index (χ0v) is 12.6. The molecule has 0 bridgehead atoms. The molecule has 2 N–H and O–H groups in total. The minimum Gasteiger partial charge on any atom is -0.483 e. The van der Waals surface area contributed by atoms with Crippen LogP contribution in [0.4, 0.5) is 11.4 Å². The van der Waals surface area contributed by atoms with Crippen LogP contribution in [0.15, 0.2) is 18.2 Å². The Morgan fingerprint density at radius 3 is 2.58 bits per heavy atom. The summed E-state index contributed by atoms with van der Waals surface area (Å²) in [7, 11) is 0. The minimum atomic E-state index is -0.0575. The molecule has 0 radical (unpaired) electrons. The van der Waals surface area contributed by atoms with Gasteiger partial charge in [-0.2, -0.15) is 0 Å². The molecule has 0 saturated heterocycles. The second kappa shape index (κ2) is 5.32. The Hall–Kier alpha value is -1.38. The first-order valence-electron chi connectivity index (χ1n) is 7.33. The molecule has 0 fully saturated rings. The number of nitrogens with two attached hydrogens (primary N) is 1. The highest BCUT2D eigenvalue weighted by molar-refractivity contribution is 5.66. The average molecular weight is 262 g/mol. The van der Waals surface area contributed by atoms with E-state index in [1.54, 1.807) is 0 Å². The van der Waals surface area contributed by atoms with Gasteiger partial charge in [0.25, 0.3) is 0 Å². The Bertz CT molecular complexity index is 438. The van der Waals surface area contributed by atoms with Crippen molar-refractivity contribution in [1.29, 1.82) is 0 Å². The lowest BCUT2D eigenvalue weighted by Crippen LogP contribution is -2.51. The van der Waals surface area contributed by atoms with Crippen molar-refractivity contribution in [3.63, 3.8) is 0 Å². The highest BCUT2D eigenvalue weighted by Crippen LogP contribution is 2.40. The van der Waals surface area contributed by atoms with Crippen LogP contribution in [0.25, 0.3) is 0 Å². The lowest BCUT2D eigenvalue weighted by atomic mass is 9.93. The first kappa shape index (κ1) is 14.0. The van der Waals surface area contributed by atoms with Gasteiger partial charge in [0.15, 0.2) is 0 Å². The van der Waals surface area contributed by atoms with Gasteiger partial charge in [0.05, 0.1) is 12.2 Å². The van der Waals surface area contributed by atoms with Gasteiger partial charge in [0, 0.05) is 12.2 Å². The molecule has 19 heavy (non-hydrogen) atoms. The van der Waals surface area contributed by atoms with E-state index in [-0.39, 0.29) is 5.60 Å². The summed E-state index contributed by atoms with van der Waals surface area (Å²) < 4.78 is 6.29. The number of hydrogen-bond donors (Lipinski definition) is 1. The largest absolute Gasteiger partial charge is 0.483 e. The number of nitrogens with zero attached hydrogens (tertiary/aromatic N) is 1. The Labute approximate surface area is 116 Å². The van der Waals surface area contributed by atoms with Crippen LogP contribution in [0.1, 0.15) is 40.5 Å². The van der Waals surface area contributed by atoms with Gasteiger partial charge in [-0.1, -0.05) is 27.7 Å². The van der Waals surface area contributed by atoms with Crippen molar-refractivity contribution in [2.45, 2.75) is 46.1 Å². The van der Waals surface area contributed by atoms with Gasteiger partial charge in [-0.3, -0.25) is 0 Å². The van der Waals surface area contributed by atoms with E-state index in [2.05, 4.69) is 32.6 Å². The van der Waals surface area contributed by atoms with Crippen LogP contribution in [-0.4, -0.2) is 18.7 Å². The third kappa shape index (κ3) is 2.80. The minimum absolute atomic E-state index is 0.0575. The van der Waals surface area contributed by atoms with Gasteiger partial charge in [-0.25, -0.2) is 0 Å². The van der Waals surface area contributed by atoms with Gasteiger partial charge in [-0.15, -0.1) is 0 Å². The van der Waals surface area contributed by atoms with Crippen molar-refractivity contribution < 1.29 is 4.74 Å². The lowest BCUT2D eigenvalue weighted by molar-refractivity contribution is 0.0568. The highest BCUT2D eigenvalue weighted by Gasteiger charge is 2.37. The van der Waals surface area contributed by atoms with Crippen molar-refractivity contribution in [3.8, 4) is 5.75 Å². The van der Waals surface area contributed by atoms with E-state index in [0.29, 0.717) is 5.92 Å². The maximum Gasteiger partial charge on any atom is 0.143 e. The fraction of sp³-hybridized carbons (Fsp3) is 0.625. The highest BCUT2D eigenvalue weighted by atomic mass is 16.5. The summed E-state index contributed by atoms with van der Waals surface area (Å²) in [6.07, 6.45) is 2.06. The molecule has 3 nitrogen and oxygen atoms in total. The molecule has 106 valence electrons. The Morgan fingerprint density at radius 2 is 2.00 bits per heavy atom. The maximum absolute atomic E-state index is 6.29. The van der Waals surface area contributed by atoms with Gasteiger partial charge < -0.3 is 15.4 Å². The molecule has 1 aromatic carbocycles. The predicted octanol–water partition coefficient (Wildman–Crippen LogP) is 3.68. The van der Waals surface area contributed by atoms with E-state index in [1.165, 1.54) is 0 Å². The summed E-state index contributed by atoms with van der Waals surface area (Å²) in [4.78, 5) is 2.44. The third-order valence-corrected chi connectivity index (χ3v) is 4.00. The second-order valence-corrected chi connectivity index (χ2v) is 5.99. The van der Waals surface area contributed by atoms with E-state index >= 15 is 0 Å². The smallest absolute Gasteiger partial charge is 0.143 e. The van der Waals surface area contributed by atoms with Crippen LogP contribution < -0.4 is 15.4 Å².